The van der Waals surface area contributed by atoms with E-state index >= 15 is 0 Å². The number of rotatable bonds is 6. The molecule has 4 rings (SSSR count). The summed E-state index contributed by atoms with van der Waals surface area (Å²) in [5.41, 5.74) is 2.02. The molecular weight excluding hydrogens is 399 g/mol. The molecule has 0 aliphatic carbocycles. The minimum Gasteiger partial charge on any atom is -0.508 e. The molecule has 156 valence electrons. The molecule has 0 saturated heterocycles. The largest absolute Gasteiger partial charge is 0.508 e. The molecule has 3 N–H and O–H groups in total. The summed E-state index contributed by atoms with van der Waals surface area (Å²) in [6.07, 6.45) is 0.463. The third-order valence-corrected chi connectivity index (χ3v) is 4.98. The lowest BCUT2D eigenvalue weighted by Gasteiger charge is -2.15. The summed E-state index contributed by atoms with van der Waals surface area (Å²) in [4.78, 5) is 10.8. The van der Waals surface area contributed by atoms with Crippen LogP contribution in [0.2, 0.25) is 0 Å². The first kappa shape index (κ1) is 20.2. The maximum absolute atomic E-state index is 14.0. The van der Waals surface area contributed by atoms with Crippen LogP contribution in [0.15, 0.2) is 72.8 Å². The summed E-state index contributed by atoms with van der Waals surface area (Å²) >= 11 is 0. The van der Waals surface area contributed by atoms with Gasteiger partial charge in [-0.25, -0.2) is 4.39 Å². The minimum atomic E-state index is -0.856. The second kappa shape index (κ2) is 8.36. The molecule has 0 saturated carbocycles. The van der Waals surface area contributed by atoms with Crippen LogP contribution < -0.4 is 4.74 Å². The van der Waals surface area contributed by atoms with Gasteiger partial charge in [-0.15, -0.1) is 0 Å². The van der Waals surface area contributed by atoms with Gasteiger partial charge in [0.15, 0.2) is 11.6 Å². The molecule has 0 aromatic heterocycles. The van der Waals surface area contributed by atoms with Gasteiger partial charge in [-0.2, -0.15) is 0 Å². The Hall–Kier alpha value is -4.06. The summed E-state index contributed by atoms with van der Waals surface area (Å²) in [7, 11) is 0. The minimum absolute atomic E-state index is 0.0452. The molecular formula is C25H19FO5. The highest BCUT2D eigenvalue weighted by Crippen LogP contribution is 2.41. The highest BCUT2D eigenvalue weighted by Gasteiger charge is 2.15. The Balaban J connectivity index is 1.77. The average Bonchev–Trinajstić information content (AvgIpc) is 2.75. The molecule has 31 heavy (non-hydrogen) atoms. The van der Waals surface area contributed by atoms with Crippen molar-refractivity contribution in [3.63, 3.8) is 0 Å². The van der Waals surface area contributed by atoms with Gasteiger partial charge in [0.05, 0.1) is 0 Å². The number of ether oxygens (including phenoxy) is 1. The summed E-state index contributed by atoms with van der Waals surface area (Å²) in [6, 6.07) is 19.7. The van der Waals surface area contributed by atoms with Crippen LogP contribution in [0, 0.1) is 5.82 Å². The number of aromatic hydroxyl groups is 2. The second-order valence-corrected chi connectivity index (χ2v) is 7.15. The van der Waals surface area contributed by atoms with Gasteiger partial charge in [0.1, 0.15) is 17.2 Å². The molecule has 0 heterocycles. The third kappa shape index (κ3) is 4.43. The fraction of sp³-hybridized carbons (Fsp3) is 0.0800. The molecule has 0 atom stereocenters. The van der Waals surface area contributed by atoms with E-state index in [-0.39, 0.29) is 12.2 Å². The highest BCUT2D eigenvalue weighted by atomic mass is 19.1. The van der Waals surface area contributed by atoms with Crippen molar-refractivity contribution in [2.45, 2.75) is 12.8 Å². The van der Waals surface area contributed by atoms with E-state index in [2.05, 4.69) is 0 Å². The fourth-order valence-electron chi connectivity index (χ4n) is 3.39. The maximum Gasteiger partial charge on any atom is 0.303 e. The number of aliphatic carboxylic acids is 1. The van der Waals surface area contributed by atoms with E-state index in [1.54, 1.807) is 60.7 Å². The SMILES string of the molecule is O=C(O)CCc1ccc(Oc2c(-c3ccc(O)c(F)c3)ccc3cc(O)ccc23)cc1. The predicted molar refractivity (Wildman–Crippen MR) is 115 cm³/mol. The molecule has 0 radical (unpaired) electrons. The van der Waals surface area contributed by atoms with Crippen LogP contribution in [0.3, 0.4) is 0 Å². The fourth-order valence-corrected chi connectivity index (χ4v) is 3.39. The zero-order valence-corrected chi connectivity index (χ0v) is 16.4. The molecule has 4 aromatic carbocycles. The number of halogens is 1. The zero-order valence-electron chi connectivity index (χ0n) is 16.4. The van der Waals surface area contributed by atoms with Crippen molar-refractivity contribution in [2.24, 2.45) is 0 Å². The molecule has 0 aliphatic rings. The molecule has 0 unspecified atom stereocenters. The number of hydrogen-bond acceptors (Lipinski definition) is 4. The first-order valence-corrected chi connectivity index (χ1v) is 9.64. The van der Waals surface area contributed by atoms with Gasteiger partial charge in [0.25, 0.3) is 0 Å². The van der Waals surface area contributed by atoms with Gasteiger partial charge in [-0.1, -0.05) is 24.3 Å². The lowest BCUT2D eigenvalue weighted by atomic mass is 9.99. The second-order valence-electron chi connectivity index (χ2n) is 7.15. The van der Waals surface area contributed by atoms with Gasteiger partial charge >= 0.3 is 5.97 Å². The van der Waals surface area contributed by atoms with Crippen molar-refractivity contribution in [2.75, 3.05) is 0 Å². The van der Waals surface area contributed by atoms with Crippen molar-refractivity contribution >= 4 is 16.7 Å². The third-order valence-electron chi connectivity index (χ3n) is 4.98. The van der Waals surface area contributed by atoms with Crippen molar-refractivity contribution < 1.29 is 29.2 Å². The number of phenols is 2. The number of phenolic OH excluding ortho intramolecular Hbond substituents is 2. The number of fused-ring (bicyclic) bond motifs is 1. The normalized spacial score (nSPS) is 10.9. The quantitative estimate of drug-likeness (QED) is 0.365. The van der Waals surface area contributed by atoms with Gasteiger partial charge in [0, 0.05) is 17.4 Å². The van der Waals surface area contributed by atoms with E-state index in [1.165, 1.54) is 12.1 Å². The van der Waals surface area contributed by atoms with Crippen LogP contribution in [0.25, 0.3) is 21.9 Å². The molecule has 0 fully saturated rings. The molecule has 0 amide bonds. The van der Waals surface area contributed by atoms with Crippen molar-refractivity contribution in [1.29, 1.82) is 0 Å². The van der Waals surface area contributed by atoms with Gasteiger partial charge in [-0.3, -0.25) is 4.79 Å². The smallest absolute Gasteiger partial charge is 0.303 e. The first-order valence-electron chi connectivity index (χ1n) is 9.64. The molecule has 0 spiro atoms. The van der Waals surface area contributed by atoms with E-state index in [4.69, 9.17) is 9.84 Å². The molecule has 0 aliphatic heterocycles. The Morgan fingerprint density at radius 1 is 0.903 bits per heavy atom. The Labute approximate surface area is 177 Å². The lowest BCUT2D eigenvalue weighted by Crippen LogP contribution is -1.97. The Morgan fingerprint density at radius 2 is 1.68 bits per heavy atom. The van der Waals surface area contributed by atoms with Crippen LogP contribution in [0.1, 0.15) is 12.0 Å². The number of hydrogen-bond donors (Lipinski definition) is 3. The van der Waals surface area contributed by atoms with Crippen LogP contribution in [-0.2, 0) is 11.2 Å². The maximum atomic E-state index is 14.0. The van der Waals surface area contributed by atoms with Crippen LogP contribution in [0.5, 0.6) is 23.0 Å². The molecule has 0 bridgehead atoms. The van der Waals surface area contributed by atoms with E-state index in [9.17, 15) is 19.4 Å². The van der Waals surface area contributed by atoms with E-state index in [0.717, 1.165) is 16.3 Å². The van der Waals surface area contributed by atoms with Crippen LogP contribution >= 0.6 is 0 Å². The van der Waals surface area contributed by atoms with Crippen LogP contribution in [-0.4, -0.2) is 21.3 Å². The number of aryl methyl sites for hydroxylation is 1. The lowest BCUT2D eigenvalue weighted by molar-refractivity contribution is -0.136. The van der Waals surface area contributed by atoms with Gasteiger partial charge in [-0.05, 0) is 71.5 Å². The predicted octanol–water partition coefficient (Wildman–Crippen LogP) is 5.87. The molecule has 4 aromatic rings. The number of carbonyl (C=O) groups is 1. The average molecular weight is 418 g/mol. The Bertz CT molecular complexity index is 1270. The Morgan fingerprint density at radius 3 is 2.39 bits per heavy atom. The van der Waals surface area contributed by atoms with E-state index in [1.807, 2.05) is 0 Å². The number of benzene rings is 4. The first-order chi connectivity index (χ1) is 14.9. The van der Waals surface area contributed by atoms with Gasteiger partial charge < -0.3 is 20.1 Å². The highest BCUT2D eigenvalue weighted by molar-refractivity contribution is 5.96. The summed E-state index contributed by atoms with van der Waals surface area (Å²) in [5.74, 6) is -0.915. The summed E-state index contributed by atoms with van der Waals surface area (Å²) in [5, 5.41) is 29.7. The van der Waals surface area contributed by atoms with Crippen molar-refractivity contribution in [1.82, 2.24) is 0 Å². The topological polar surface area (TPSA) is 87.0 Å². The zero-order chi connectivity index (χ0) is 22.0. The summed E-state index contributed by atoms with van der Waals surface area (Å²) < 4.78 is 20.2. The molecule has 5 nitrogen and oxygen atoms in total. The molecule has 6 heteroatoms. The Kier molecular flexibility index (Phi) is 5.45. The number of carboxylic acids is 1. The monoisotopic (exact) mass is 418 g/mol. The standard InChI is InChI=1S/C25H19FO5/c26-22-14-17(5-11-23(22)28)20-9-4-16-13-18(27)6-10-21(16)25(20)31-19-7-1-15(2-8-19)3-12-24(29)30/h1-2,4-11,13-14,27-28H,3,12H2,(H,29,30). The van der Waals surface area contributed by atoms with Gasteiger partial charge in [0.2, 0.25) is 0 Å². The van der Waals surface area contributed by atoms with Crippen molar-refractivity contribution in [3.05, 3.63) is 84.2 Å². The number of carboxylic acid groups (broad SMARTS) is 1. The van der Waals surface area contributed by atoms with Crippen molar-refractivity contribution in [3.8, 4) is 34.1 Å². The van der Waals surface area contributed by atoms with E-state index < -0.39 is 17.5 Å². The van der Waals surface area contributed by atoms with E-state index in [0.29, 0.717) is 29.0 Å². The summed E-state index contributed by atoms with van der Waals surface area (Å²) in [6.45, 7) is 0. The van der Waals surface area contributed by atoms with Crippen LogP contribution in [0.4, 0.5) is 4.39 Å².